The Morgan fingerprint density at radius 2 is 2.19 bits per heavy atom. The SMILES string of the molecule is Cc1ccc2c(c1)c1c(n2C)[C@@H](O)CCC1. The third-order valence-electron chi connectivity index (χ3n) is 3.73. The Kier molecular flexibility index (Phi) is 2.08. The van der Waals surface area contributed by atoms with E-state index in [9.17, 15) is 5.11 Å². The van der Waals surface area contributed by atoms with E-state index in [2.05, 4.69) is 36.7 Å². The Balaban J connectivity index is 2.39. The van der Waals surface area contributed by atoms with E-state index in [0.717, 1.165) is 25.0 Å². The number of aromatic nitrogens is 1. The van der Waals surface area contributed by atoms with Crippen molar-refractivity contribution < 1.29 is 5.11 Å². The maximum atomic E-state index is 10.1. The molecule has 0 amide bonds. The molecule has 0 radical (unpaired) electrons. The van der Waals surface area contributed by atoms with Crippen molar-refractivity contribution in [2.45, 2.75) is 32.3 Å². The second-order valence-corrected chi connectivity index (χ2v) is 4.85. The molecule has 3 rings (SSSR count). The first-order valence-corrected chi connectivity index (χ1v) is 5.94. The number of rotatable bonds is 0. The van der Waals surface area contributed by atoms with Crippen LogP contribution in [-0.2, 0) is 13.5 Å². The highest BCUT2D eigenvalue weighted by Gasteiger charge is 2.24. The largest absolute Gasteiger partial charge is 0.387 e. The zero-order valence-corrected chi connectivity index (χ0v) is 9.83. The van der Waals surface area contributed by atoms with Crippen molar-refractivity contribution in [1.29, 1.82) is 0 Å². The van der Waals surface area contributed by atoms with E-state index in [0.29, 0.717) is 0 Å². The van der Waals surface area contributed by atoms with Crippen molar-refractivity contribution in [2.24, 2.45) is 7.05 Å². The molecule has 1 aromatic heterocycles. The summed E-state index contributed by atoms with van der Waals surface area (Å²) in [6.07, 6.45) is 2.83. The molecule has 1 atom stereocenters. The summed E-state index contributed by atoms with van der Waals surface area (Å²) in [4.78, 5) is 0. The van der Waals surface area contributed by atoms with Gasteiger partial charge in [0.1, 0.15) is 0 Å². The fraction of sp³-hybridized carbons (Fsp3) is 0.429. The van der Waals surface area contributed by atoms with Crippen molar-refractivity contribution in [3.05, 3.63) is 35.0 Å². The van der Waals surface area contributed by atoms with Crippen LogP contribution in [0, 0.1) is 6.92 Å². The fourth-order valence-corrected chi connectivity index (χ4v) is 2.95. The minimum atomic E-state index is -0.276. The van der Waals surface area contributed by atoms with Crippen molar-refractivity contribution >= 4 is 10.9 Å². The minimum absolute atomic E-state index is 0.276. The summed E-state index contributed by atoms with van der Waals surface area (Å²) in [7, 11) is 2.06. The van der Waals surface area contributed by atoms with Crippen LogP contribution in [0.5, 0.6) is 0 Å². The molecule has 2 aromatic rings. The van der Waals surface area contributed by atoms with Gasteiger partial charge in [0.05, 0.1) is 11.8 Å². The van der Waals surface area contributed by atoms with Gasteiger partial charge in [-0.1, -0.05) is 11.6 Å². The van der Waals surface area contributed by atoms with Gasteiger partial charge in [-0.3, -0.25) is 0 Å². The summed E-state index contributed by atoms with van der Waals surface area (Å²) in [5.74, 6) is 0. The quantitative estimate of drug-likeness (QED) is 0.718. The van der Waals surface area contributed by atoms with Gasteiger partial charge < -0.3 is 9.67 Å². The summed E-state index contributed by atoms with van der Waals surface area (Å²) in [6, 6.07) is 6.54. The third kappa shape index (κ3) is 1.23. The number of hydrogen-bond acceptors (Lipinski definition) is 1. The number of aliphatic hydroxyl groups excluding tert-OH is 1. The van der Waals surface area contributed by atoms with E-state index in [1.807, 2.05) is 0 Å². The number of aliphatic hydroxyl groups is 1. The molecule has 0 saturated heterocycles. The smallest absolute Gasteiger partial charge is 0.0942 e. The normalized spacial score (nSPS) is 20.1. The highest BCUT2D eigenvalue weighted by molar-refractivity contribution is 5.86. The molecule has 2 heteroatoms. The van der Waals surface area contributed by atoms with Gasteiger partial charge in [0.25, 0.3) is 0 Å². The first kappa shape index (κ1) is 9.91. The van der Waals surface area contributed by atoms with Gasteiger partial charge in [-0.15, -0.1) is 0 Å². The minimum Gasteiger partial charge on any atom is -0.387 e. The predicted octanol–water partition coefficient (Wildman–Crippen LogP) is 2.86. The van der Waals surface area contributed by atoms with Gasteiger partial charge in [0.2, 0.25) is 0 Å². The molecule has 0 spiro atoms. The molecule has 84 valence electrons. The number of aryl methyl sites for hydroxylation is 3. The zero-order valence-electron chi connectivity index (χ0n) is 9.83. The molecular weight excluding hydrogens is 198 g/mol. The van der Waals surface area contributed by atoms with E-state index in [1.165, 1.54) is 22.0 Å². The van der Waals surface area contributed by atoms with E-state index < -0.39 is 0 Å². The lowest BCUT2D eigenvalue weighted by atomic mass is 9.93. The Morgan fingerprint density at radius 3 is 3.00 bits per heavy atom. The highest BCUT2D eigenvalue weighted by Crippen LogP contribution is 2.36. The van der Waals surface area contributed by atoms with Crippen LogP contribution in [0.25, 0.3) is 10.9 Å². The zero-order chi connectivity index (χ0) is 11.3. The monoisotopic (exact) mass is 215 g/mol. The standard InChI is InChI=1S/C14H17NO/c1-9-6-7-12-11(8-9)10-4-3-5-13(16)14(10)15(12)2/h6-8,13,16H,3-5H2,1-2H3/t13-/m0/s1. The molecule has 0 aliphatic heterocycles. The van der Waals surface area contributed by atoms with Crippen molar-refractivity contribution in [2.75, 3.05) is 0 Å². The van der Waals surface area contributed by atoms with Crippen LogP contribution in [0.3, 0.4) is 0 Å². The molecule has 1 aromatic carbocycles. The molecule has 2 nitrogen and oxygen atoms in total. The van der Waals surface area contributed by atoms with E-state index >= 15 is 0 Å². The van der Waals surface area contributed by atoms with Crippen molar-refractivity contribution in [1.82, 2.24) is 4.57 Å². The third-order valence-corrected chi connectivity index (χ3v) is 3.73. The second-order valence-electron chi connectivity index (χ2n) is 4.85. The average Bonchev–Trinajstić information content (AvgIpc) is 2.54. The first-order valence-electron chi connectivity index (χ1n) is 5.94. The van der Waals surface area contributed by atoms with Gasteiger partial charge >= 0.3 is 0 Å². The summed E-state index contributed by atoms with van der Waals surface area (Å²) in [5.41, 5.74) is 5.03. The number of hydrogen-bond donors (Lipinski definition) is 1. The molecule has 0 unspecified atom stereocenters. The summed E-state index contributed by atoms with van der Waals surface area (Å²) >= 11 is 0. The average molecular weight is 215 g/mol. The van der Waals surface area contributed by atoms with Gasteiger partial charge in [0.15, 0.2) is 0 Å². The lowest BCUT2D eigenvalue weighted by Gasteiger charge is -2.19. The van der Waals surface area contributed by atoms with Gasteiger partial charge in [-0.05, 0) is 43.9 Å². The van der Waals surface area contributed by atoms with Gasteiger partial charge in [-0.2, -0.15) is 0 Å². The van der Waals surface area contributed by atoms with Crippen LogP contribution in [0.15, 0.2) is 18.2 Å². The van der Waals surface area contributed by atoms with Crippen LogP contribution in [-0.4, -0.2) is 9.67 Å². The molecule has 0 saturated carbocycles. The van der Waals surface area contributed by atoms with E-state index in [4.69, 9.17) is 0 Å². The summed E-state index contributed by atoms with van der Waals surface area (Å²) in [6.45, 7) is 2.12. The Bertz CT molecular complexity index is 553. The van der Waals surface area contributed by atoms with Gasteiger partial charge in [-0.25, -0.2) is 0 Å². The Labute approximate surface area is 95.5 Å². The topological polar surface area (TPSA) is 25.2 Å². The number of nitrogens with zero attached hydrogens (tertiary/aromatic N) is 1. The van der Waals surface area contributed by atoms with Crippen LogP contribution < -0.4 is 0 Å². The lowest BCUT2D eigenvalue weighted by Crippen LogP contribution is -2.11. The molecule has 0 bridgehead atoms. The summed E-state index contributed by atoms with van der Waals surface area (Å²) < 4.78 is 2.16. The molecule has 1 N–H and O–H groups in total. The van der Waals surface area contributed by atoms with Crippen LogP contribution in [0.2, 0.25) is 0 Å². The Morgan fingerprint density at radius 1 is 1.38 bits per heavy atom. The van der Waals surface area contributed by atoms with Crippen LogP contribution in [0.1, 0.15) is 35.8 Å². The maximum Gasteiger partial charge on any atom is 0.0942 e. The number of benzene rings is 1. The molecule has 0 fully saturated rings. The molecule has 1 aliphatic carbocycles. The van der Waals surface area contributed by atoms with E-state index in [1.54, 1.807) is 0 Å². The van der Waals surface area contributed by atoms with Crippen LogP contribution in [0.4, 0.5) is 0 Å². The Hall–Kier alpha value is -1.28. The van der Waals surface area contributed by atoms with Crippen molar-refractivity contribution in [3.8, 4) is 0 Å². The van der Waals surface area contributed by atoms with Gasteiger partial charge in [0, 0.05) is 18.0 Å². The fourth-order valence-electron chi connectivity index (χ4n) is 2.95. The number of fused-ring (bicyclic) bond motifs is 3. The molecule has 1 heterocycles. The first-order chi connectivity index (χ1) is 7.68. The highest BCUT2D eigenvalue weighted by atomic mass is 16.3. The predicted molar refractivity (Wildman–Crippen MR) is 65.6 cm³/mol. The molecule has 16 heavy (non-hydrogen) atoms. The van der Waals surface area contributed by atoms with Crippen LogP contribution >= 0.6 is 0 Å². The lowest BCUT2D eigenvalue weighted by molar-refractivity contribution is 0.149. The molecular formula is C14H17NO. The molecule has 1 aliphatic rings. The second kappa shape index (κ2) is 3.36. The maximum absolute atomic E-state index is 10.1. The summed E-state index contributed by atoms with van der Waals surface area (Å²) in [5, 5.41) is 11.4. The van der Waals surface area contributed by atoms with E-state index in [-0.39, 0.29) is 6.10 Å². The van der Waals surface area contributed by atoms with Crippen molar-refractivity contribution in [3.63, 3.8) is 0 Å².